The first-order valence-electron chi connectivity index (χ1n) is 7.31. The maximum absolute atomic E-state index is 11.0. The van der Waals surface area contributed by atoms with Gasteiger partial charge in [-0.3, -0.25) is 0 Å². The lowest BCUT2D eigenvalue weighted by Crippen LogP contribution is -2.10. The smallest absolute Gasteiger partial charge is 0.491 e. The average molecular weight is 300 g/mol. The predicted octanol–water partition coefficient (Wildman–Crippen LogP) is 4.76. The first kappa shape index (κ1) is 15.9. The molecule has 0 radical (unpaired) electrons. The van der Waals surface area contributed by atoms with Crippen molar-refractivity contribution in [2.45, 2.75) is 33.3 Å². The molecule has 0 aliphatic heterocycles. The van der Waals surface area contributed by atoms with Crippen LogP contribution in [0.2, 0.25) is 0 Å². The SMILES string of the molecule is CCc1c(OC(C)C)ccc(OC(=O)O)c1-c1ccccc1. The van der Waals surface area contributed by atoms with Gasteiger partial charge < -0.3 is 14.6 Å². The van der Waals surface area contributed by atoms with Crippen molar-refractivity contribution in [3.8, 4) is 22.6 Å². The molecule has 0 spiro atoms. The molecule has 0 saturated heterocycles. The van der Waals surface area contributed by atoms with E-state index in [1.165, 1.54) is 0 Å². The molecule has 0 saturated carbocycles. The Kier molecular flexibility index (Phi) is 5.04. The minimum Gasteiger partial charge on any atom is -0.491 e. The van der Waals surface area contributed by atoms with Crippen molar-refractivity contribution in [1.82, 2.24) is 0 Å². The first-order valence-corrected chi connectivity index (χ1v) is 7.31. The molecular weight excluding hydrogens is 280 g/mol. The Balaban J connectivity index is 2.64. The van der Waals surface area contributed by atoms with Crippen LogP contribution in [0.3, 0.4) is 0 Å². The van der Waals surface area contributed by atoms with Crippen LogP contribution >= 0.6 is 0 Å². The van der Waals surface area contributed by atoms with Crippen LogP contribution in [0.15, 0.2) is 42.5 Å². The van der Waals surface area contributed by atoms with E-state index < -0.39 is 6.16 Å². The Morgan fingerprint density at radius 2 is 1.73 bits per heavy atom. The summed E-state index contributed by atoms with van der Waals surface area (Å²) in [5.41, 5.74) is 2.62. The van der Waals surface area contributed by atoms with Crippen LogP contribution in [0.1, 0.15) is 26.3 Å². The van der Waals surface area contributed by atoms with E-state index in [2.05, 4.69) is 0 Å². The quantitative estimate of drug-likeness (QED) is 0.639. The van der Waals surface area contributed by atoms with Crippen LogP contribution in [0.4, 0.5) is 4.79 Å². The molecule has 0 bridgehead atoms. The van der Waals surface area contributed by atoms with E-state index >= 15 is 0 Å². The minimum atomic E-state index is -1.32. The maximum atomic E-state index is 11.0. The molecule has 2 aromatic rings. The van der Waals surface area contributed by atoms with Crippen LogP contribution in [0.5, 0.6) is 11.5 Å². The summed E-state index contributed by atoms with van der Waals surface area (Å²) in [6.07, 6.45) is -0.569. The van der Waals surface area contributed by atoms with Gasteiger partial charge in [-0.2, -0.15) is 0 Å². The highest BCUT2D eigenvalue weighted by Gasteiger charge is 2.18. The van der Waals surface area contributed by atoms with Crippen molar-refractivity contribution in [1.29, 1.82) is 0 Å². The molecule has 0 fully saturated rings. The zero-order valence-electron chi connectivity index (χ0n) is 13.0. The Labute approximate surface area is 130 Å². The first-order chi connectivity index (χ1) is 10.5. The molecule has 116 valence electrons. The monoisotopic (exact) mass is 300 g/mol. The van der Waals surface area contributed by atoms with E-state index in [0.29, 0.717) is 12.2 Å². The molecule has 0 aliphatic rings. The van der Waals surface area contributed by atoms with Gasteiger partial charge in [0, 0.05) is 11.1 Å². The fourth-order valence-electron chi connectivity index (χ4n) is 2.42. The van der Waals surface area contributed by atoms with Crippen molar-refractivity contribution >= 4 is 6.16 Å². The summed E-state index contributed by atoms with van der Waals surface area (Å²) in [6, 6.07) is 13.0. The third-order valence-electron chi connectivity index (χ3n) is 3.21. The summed E-state index contributed by atoms with van der Waals surface area (Å²) in [5, 5.41) is 8.96. The second-order valence-corrected chi connectivity index (χ2v) is 5.17. The molecule has 0 aromatic heterocycles. The summed E-state index contributed by atoms with van der Waals surface area (Å²) in [4.78, 5) is 11.0. The number of hydrogen-bond donors (Lipinski definition) is 1. The standard InChI is InChI=1S/C18H20O4/c1-4-14-15(21-12(2)3)10-11-16(22-18(19)20)17(14)13-8-6-5-7-9-13/h5-12H,4H2,1-3H3,(H,19,20). The number of benzene rings is 2. The van der Waals surface area contributed by atoms with Crippen LogP contribution in [-0.4, -0.2) is 17.4 Å². The summed E-state index contributed by atoms with van der Waals surface area (Å²) in [6.45, 7) is 5.94. The maximum Gasteiger partial charge on any atom is 0.511 e. The molecule has 1 N–H and O–H groups in total. The zero-order valence-corrected chi connectivity index (χ0v) is 13.0. The third-order valence-corrected chi connectivity index (χ3v) is 3.21. The molecule has 4 nitrogen and oxygen atoms in total. The topological polar surface area (TPSA) is 55.8 Å². The van der Waals surface area contributed by atoms with Crippen molar-refractivity contribution in [2.75, 3.05) is 0 Å². The highest BCUT2D eigenvalue weighted by atomic mass is 16.7. The number of hydrogen-bond acceptors (Lipinski definition) is 3. The summed E-state index contributed by atoms with van der Waals surface area (Å²) in [7, 11) is 0. The number of ether oxygens (including phenoxy) is 2. The van der Waals surface area contributed by atoms with Crippen molar-refractivity contribution in [3.05, 3.63) is 48.0 Å². The highest BCUT2D eigenvalue weighted by Crippen LogP contribution is 2.39. The molecule has 2 aromatic carbocycles. The molecule has 4 heteroatoms. The summed E-state index contributed by atoms with van der Waals surface area (Å²) in [5.74, 6) is 1.08. The fourth-order valence-corrected chi connectivity index (χ4v) is 2.42. The molecule has 0 atom stereocenters. The van der Waals surface area contributed by atoms with Gasteiger partial charge in [-0.25, -0.2) is 4.79 Å². The van der Waals surface area contributed by atoms with Gasteiger partial charge in [0.1, 0.15) is 11.5 Å². The molecular formula is C18H20O4. The van der Waals surface area contributed by atoms with Crippen molar-refractivity contribution in [2.24, 2.45) is 0 Å². The van der Waals surface area contributed by atoms with Crippen LogP contribution in [0, 0.1) is 0 Å². The van der Waals surface area contributed by atoms with Crippen LogP contribution in [0.25, 0.3) is 11.1 Å². The lowest BCUT2D eigenvalue weighted by molar-refractivity contribution is 0.144. The number of carbonyl (C=O) groups is 1. The lowest BCUT2D eigenvalue weighted by Gasteiger charge is -2.19. The van der Waals surface area contributed by atoms with Gasteiger partial charge >= 0.3 is 6.16 Å². The number of carboxylic acid groups (broad SMARTS) is 1. The molecule has 0 aliphatic carbocycles. The normalized spacial score (nSPS) is 10.5. The van der Waals surface area contributed by atoms with Gasteiger partial charge in [0.15, 0.2) is 0 Å². The van der Waals surface area contributed by atoms with Crippen LogP contribution in [-0.2, 0) is 6.42 Å². The summed E-state index contributed by atoms with van der Waals surface area (Å²) < 4.78 is 10.8. The number of rotatable bonds is 5. The van der Waals surface area contributed by atoms with Gasteiger partial charge in [-0.05, 0) is 38.0 Å². The molecule has 2 rings (SSSR count). The molecule has 0 heterocycles. The minimum absolute atomic E-state index is 0.0418. The largest absolute Gasteiger partial charge is 0.511 e. The molecule has 0 unspecified atom stereocenters. The van der Waals surface area contributed by atoms with E-state index in [1.54, 1.807) is 12.1 Å². The lowest BCUT2D eigenvalue weighted by atomic mass is 9.96. The highest BCUT2D eigenvalue weighted by molar-refractivity contribution is 5.79. The van der Waals surface area contributed by atoms with Gasteiger partial charge in [-0.15, -0.1) is 0 Å². The zero-order chi connectivity index (χ0) is 16.1. The Morgan fingerprint density at radius 3 is 2.27 bits per heavy atom. The van der Waals surface area contributed by atoms with E-state index in [1.807, 2.05) is 51.1 Å². The van der Waals surface area contributed by atoms with E-state index in [9.17, 15) is 4.79 Å². The van der Waals surface area contributed by atoms with Gasteiger partial charge in [0.2, 0.25) is 0 Å². The van der Waals surface area contributed by atoms with Gasteiger partial charge in [0.05, 0.1) is 6.10 Å². The summed E-state index contributed by atoms with van der Waals surface area (Å²) >= 11 is 0. The van der Waals surface area contributed by atoms with Gasteiger partial charge in [-0.1, -0.05) is 37.3 Å². The van der Waals surface area contributed by atoms with E-state index in [0.717, 1.165) is 22.4 Å². The molecule has 0 amide bonds. The van der Waals surface area contributed by atoms with Crippen molar-refractivity contribution < 1.29 is 19.4 Å². The Morgan fingerprint density at radius 1 is 1.09 bits per heavy atom. The third kappa shape index (κ3) is 3.58. The van der Waals surface area contributed by atoms with Crippen molar-refractivity contribution in [3.63, 3.8) is 0 Å². The second kappa shape index (κ2) is 6.98. The second-order valence-electron chi connectivity index (χ2n) is 5.17. The van der Waals surface area contributed by atoms with E-state index in [-0.39, 0.29) is 6.10 Å². The Hall–Kier alpha value is -2.49. The van der Waals surface area contributed by atoms with E-state index in [4.69, 9.17) is 14.6 Å². The fraction of sp³-hybridized carbons (Fsp3) is 0.278. The molecule has 22 heavy (non-hydrogen) atoms. The predicted molar refractivity (Wildman–Crippen MR) is 85.7 cm³/mol. The van der Waals surface area contributed by atoms with Gasteiger partial charge in [0.25, 0.3) is 0 Å². The Bertz CT molecular complexity index is 648. The average Bonchev–Trinajstić information content (AvgIpc) is 2.48. The van der Waals surface area contributed by atoms with Crippen LogP contribution < -0.4 is 9.47 Å².